The molecule has 0 heterocycles. The van der Waals surface area contributed by atoms with Gasteiger partial charge in [0.1, 0.15) is 6.17 Å². The van der Waals surface area contributed by atoms with Crippen molar-refractivity contribution in [2.45, 2.75) is 37.9 Å². The van der Waals surface area contributed by atoms with Crippen molar-refractivity contribution in [2.24, 2.45) is 4.99 Å². The van der Waals surface area contributed by atoms with Crippen molar-refractivity contribution < 1.29 is 9.18 Å². The van der Waals surface area contributed by atoms with E-state index in [1.807, 2.05) is 12.1 Å². The second-order valence-corrected chi connectivity index (χ2v) is 5.29. The zero-order chi connectivity index (χ0) is 12.5. The molecule has 17 heavy (non-hydrogen) atoms. The first-order chi connectivity index (χ1) is 8.09. The molecule has 0 spiro atoms. The van der Waals surface area contributed by atoms with Gasteiger partial charge in [-0.15, -0.1) is 0 Å². The number of isocyanates is 1. The van der Waals surface area contributed by atoms with E-state index in [2.05, 4.69) is 20.9 Å². The number of carbonyl (C=O) groups excluding carboxylic acids is 1. The fourth-order valence-electron chi connectivity index (χ4n) is 2.20. The average molecular weight is 298 g/mol. The van der Waals surface area contributed by atoms with Gasteiger partial charge < -0.3 is 0 Å². The lowest BCUT2D eigenvalue weighted by atomic mass is 9.72. The standard InChI is InChI=1S/C13H13BrFNO/c1-9(15)11-4-3-10(7-12(11)14)13(16-8-17)5-2-6-13/h3-4,7,9H,2,5-6H2,1H3. The van der Waals surface area contributed by atoms with Crippen molar-refractivity contribution in [1.29, 1.82) is 0 Å². The number of hydrogen-bond acceptors (Lipinski definition) is 2. The van der Waals surface area contributed by atoms with Gasteiger partial charge in [-0.05, 0) is 43.4 Å². The highest BCUT2D eigenvalue weighted by molar-refractivity contribution is 9.10. The predicted molar refractivity (Wildman–Crippen MR) is 67.3 cm³/mol. The molecule has 2 rings (SSSR count). The first kappa shape index (κ1) is 12.5. The first-order valence-electron chi connectivity index (χ1n) is 5.62. The Labute approximate surface area is 108 Å². The normalized spacial score (nSPS) is 19.0. The summed E-state index contributed by atoms with van der Waals surface area (Å²) in [7, 11) is 0. The van der Waals surface area contributed by atoms with E-state index in [0.717, 1.165) is 29.3 Å². The Morgan fingerprint density at radius 1 is 1.53 bits per heavy atom. The SMILES string of the molecule is CC(F)c1ccc(C2(N=C=O)CCC2)cc1Br. The molecule has 1 aromatic rings. The minimum absolute atomic E-state index is 0.414. The van der Waals surface area contributed by atoms with E-state index in [-0.39, 0.29) is 0 Å². The molecule has 0 N–H and O–H groups in total. The van der Waals surface area contributed by atoms with Crippen LogP contribution in [-0.4, -0.2) is 6.08 Å². The molecule has 1 aliphatic carbocycles. The Hall–Kier alpha value is -0.990. The number of halogens is 2. The summed E-state index contributed by atoms with van der Waals surface area (Å²) in [5.74, 6) is 0. The van der Waals surface area contributed by atoms with Gasteiger partial charge in [-0.3, -0.25) is 0 Å². The van der Waals surface area contributed by atoms with Gasteiger partial charge in [0.15, 0.2) is 0 Å². The average Bonchev–Trinajstić information content (AvgIpc) is 2.22. The highest BCUT2D eigenvalue weighted by Gasteiger charge is 2.39. The zero-order valence-electron chi connectivity index (χ0n) is 9.54. The van der Waals surface area contributed by atoms with Gasteiger partial charge in [0.05, 0.1) is 5.54 Å². The number of alkyl halides is 1. The molecule has 0 amide bonds. The van der Waals surface area contributed by atoms with Gasteiger partial charge in [-0.2, -0.15) is 4.99 Å². The van der Waals surface area contributed by atoms with Crippen molar-refractivity contribution in [3.8, 4) is 0 Å². The molecule has 1 unspecified atom stereocenters. The van der Waals surface area contributed by atoms with E-state index in [4.69, 9.17) is 0 Å². The Bertz CT molecular complexity index is 476. The van der Waals surface area contributed by atoms with Gasteiger partial charge >= 0.3 is 0 Å². The molecule has 0 radical (unpaired) electrons. The van der Waals surface area contributed by atoms with Crippen molar-refractivity contribution in [3.63, 3.8) is 0 Å². The van der Waals surface area contributed by atoms with Crippen LogP contribution in [0.15, 0.2) is 27.7 Å². The molecule has 0 aromatic heterocycles. The summed E-state index contributed by atoms with van der Waals surface area (Å²) in [5.41, 5.74) is 1.17. The minimum Gasteiger partial charge on any atom is -0.243 e. The summed E-state index contributed by atoms with van der Waals surface area (Å²) in [4.78, 5) is 14.4. The Morgan fingerprint density at radius 2 is 2.24 bits per heavy atom. The van der Waals surface area contributed by atoms with Crippen LogP contribution in [0.1, 0.15) is 43.5 Å². The first-order valence-corrected chi connectivity index (χ1v) is 6.41. The molecular formula is C13H13BrFNO. The van der Waals surface area contributed by atoms with E-state index in [0.29, 0.717) is 5.56 Å². The van der Waals surface area contributed by atoms with Crippen LogP contribution in [0.5, 0.6) is 0 Å². The Balaban J connectivity index is 2.40. The summed E-state index contributed by atoms with van der Waals surface area (Å²) in [6, 6.07) is 5.48. The second kappa shape index (κ2) is 4.71. The van der Waals surface area contributed by atoms with Gasteiger partial charge in [0.2, 0.25) is 6.08 Å². The maximum atomic E-state index is 13.3. The molecule has 2 nitrogen and oxygen atoms in total. The van der Waals surface area contributed by atoms with E-state index in [9.17, 15) is 9.18 Å². The minimum atomic E-state index is -1.01. The van der Waals surface area contributed by atoms with Crippen molar-refractivity contribution in [3.05, 3.63) is 33.8 Å². The predicted octanol–water partition coefficient (Wildman–Crippen LogP) is 4.19. The maximum Gasteiger partial charge on any atom is 0.235 e. The molecule has 0 saturated heterocycles. The van der Waals surface area contributed by atoms with Crippen molar-refractivity contribution in [2.75, 3.05) is 0 Å². The van der Waals surface area contributed by atoms with Crippen molar-refractivity contribution in [1.82, 2.24) is 0 Å². The van der Waals surface area contributed by atoms with Gasteiger partial charge in [0, 0.05) is 4.47 Å². The number of benzene rings is 1. The third-order valence-corrected chi connectivity index (χ3v) is 4.09. The summed E-state index contributed by atoms with van der Waals surface area (Å²) < 4.78 is 14.0. The monoisotopic (exact) mass is 297 g/mol. The van der Waals surface area contributed by atoms with Gasteiger partial charge in [-0.25, -0.2) is 9.18 Å². The number of nitrogens with zero attached hydrogens (tertiary/aromatic N) is 1. The summed E-state index contributed by atoms with van der Waals surface area (Å²) in [5, 5.41) is 0. The van der Waals surface area contributed by atoms with Crippen LogP contribution in [-0.2, 0) is 10.3 Å². The Kier molecular flexibility index (Phi) is 3.45. The van der Waals surface area contributed by atoms with Crippen LogP contribution in [0.25, 0.3) is 0 Å². The van der Waals surface area contributed by atoms with Gasteiger partial charge in [-0.1, -0.05) is 28.1 Å². The molecular weight excluding hydrogens is 285 g/mol. The van der Waals surface area contributed by atoms with Crippen LogP contribution >= 0.6 is 15.9 Å². The second-order valence-electron chi connectivity index (χ2n) is 4.44. The topological polar surface area (TPSA) is 29.4 Å². The smallest absolute Gasteiger partial charge is 0.235 e. The quantitative estimate of drug-likeness (QED) is 0.607. The maximum absolute atomic E-state index is 13.3. The highest BCUT2D eigenvalue weighted by atomic mass is 79.9. The van der Waals surface area contributed by atoms with Crippen LogP contribution < -0.4 is 0 Å². The van der Waals surface area contributed by atoms with Crippen LogP contribution in [0, 0.1) is 0 Å². The van der Waals surface area contributed by atoms with Crippen molar-refractivity contribution >= 4 is 22.0 Å². The van der Waals surface area contributed by atoms with E-state index in [1.54, 1.807) is 12.1 Å². The Morgan fingerprint density at radius 3 is 2.65 bits per heavy atom. The highest BCUT2D eigenvalue weighted by Crippen LogP contribution is 2.45. The molecule has 0 aliphatic heterocycles. The fourth-order valence-corrected chi connectivity index (χ4v) is 2.90. The largest absolute Gasteiger partial charge is 0.243 e. The molecule has 90 valence electrons. The fraction of sp³-hybridized carbons (Fsp3) is 0.462. The van der Waals surface area contributed by atoms with E-state index in [1.165, 1.54) is 6.92 Å². The number of rotatable bonds is 3. The third kappa shape index (κ3) is 2.20. The molecule has 1 fully saturated rings. The lowest BCUT2D eigenvalue weighted by Gasteiger charge is -2.37. The van der Waals surface area contributed by atoms with Crippen LogP contribution in [0.4, 0.5) is 4.39 Å². The molecule has 1 aromatic carbocycles. The third-order valence-electron chi connectivity index (χ3n) is 3.41. The molecule has 4 heteroatoms. The summed E-state index contributed by atoms with van der Waals surface area (Å²) >= 11 is 3.36. The summed E-state index contributed by atoms with van der Waals surface area (Å²) in [6.07, 6.45) is 3.42. The zero-order valence-corrected chi connectivity index (χ0v) is 11.1. The van der Waals surface area contributed by atoms with Gasteiger partial charge in [0.25, 0.3) is 0 Å². The molecule has 1 saturated carbocycles. The molecule has 1 atom stereocenters. The lowest BCUT2D eigenvalue weighted by Crippen LogP contribution is -2.31. The van der Waals surface area contributed by atoms with Crippen LogP contribution in [0.3, 0.4) is 0 Å². The van der Waals surface area contributed by atoms with E-state index >= 15 is 0 Å². The van der Waals surface area contributed by atoms with Crippen LogP contribution in [0.2, 0.25) is 0 Å². The summed E-state index contributed by atoms with van der Waals surface area (Å²) in [6.45, 7) is 1.50. The number of aliphatic imine (C=N–C) groups is 1. The molecule has 0 bridgehead atoms. The number of hydrogen-bond donors (Lipinski definition) is 0. The molecule has 1 aliphatic rings. The van der Waals surface area contributed by atoms with E-state index < -0.39 is 11.7 Å². The lowest BCUT2D eigenvalue weighted by molar-refractivity contribution is 0.255.